The highest BCUT2D eigenvalue weighted by molar-refractivity contribution is 6.07. The zero-order valence-corrected chi connectivity index (χ0v) is 15.3. The number of aromatic nitrogens is 2. The van der Waals surface area contributed by atoms with Crippen molar-refractivity contribution in [3.8, 4) is 11.5 Å². The monoisotopic (exact) mass is 420 g/mol. The number of amides is 1. The van der Waals surface area contributed by atoms with Crippen molar-refractivity contribution in [2.45, 2.75) is 24.7 Å². The fraction of sp³-hybridized carbons (Fsp3) is 0.263. The second-order valence-electron chi connectivity index (χ2n) is 6.88. The van der Waals surface area contributed by atoms with Crippen LogP contribution in [0.2, 0.25) is 0 Å². The number of furan rings is 1. The number of ether oxygens (including phenoxy) is 2. The predicted molar refractivity (Wildman–Crippen MR) is 97.5 cm³/mol. The van der Waals surface area contributed by atoms with Gasteiger partial charge in [-0.1, -0.05) is 0 Å². The van der Waals surface area contributed by atoms with Crippen LogP contribution >= 0.6 is 0 Å². The number of carbonyl (C=O) groups is 1. The molecule has 1 aromatic carbocycles. The van der Waals surface area contributed by atoms with E-state index in [2.05, 4.69) is 15.7 Å². The Morgan fingerprint density at radius 1 is 1.23 bits per heavy atom. The van der Waals surface area contributed by atoms with Gasteiger partial charge in [0, 0.05) is 18.2 Å². The van der Waals surface area contributed by atoms with Crippen molar-refractivity contribution in [2.75, 3.05) is 17.4 Å². The Labute approximate surface area is 167 Å². The summed E-state index contributed by atoms with van der Waals surface area (Å²) >= 11 is 0. The van der Waals surface area contributed by atoms with Gasteiger partial charge in [0.2, 0.25) is 6.79 Å². The molecule has 0 aliphatic carbocycles. The van der Waals surface area contributed by atoms with E-state index in [0.717, 1.165) is 10.9 Å². The van der Waals surface area contributed by atoms with Gasteiger partial charge in [-0.25, -0.2) is 4.68 Å². The molecule has 2 atom stereocenters. The van der Waals surface area contributed by atoms with Gasteiger partial charge < -0.3 is 24.5 Å². The lowest BCUT2D eigenvalue weighted by molar-refractivity contribution is -0.174. The van der Waals surface area contributed by atoms with Crippen molar-refractivity contribution >= 4 is 17.4 Å². The maximum Gasteiger partial charge on any atom is 0.410 e. The summed E-state index contributed by atoms with van der Waals surface area (Å²) < 4.78 is 57.6. The van der Waals surface area contributed by atoms with E-state index >= 15 is 0 Å². The zero-order chi connectivity index (χ0) is 20.9. The highest BCUT2D eigenvalue weighted by atomic mass is 19.4. The highest BCUT2D eigenvalue weighted by Gasteiger charge is 2.47. The molecule has 3 aromatic rings. The number of hydrogen-bond acceptors (Lipinski definition) is 6. The molecule has 2 aliphatic heterocycles. The van der Waals surface area contributed by atoms with Crippen LogP contribution in [0.15, 0.2) is 47.2 Å². The molecule has 2 aliphatic rings. The van der Waals surface area contributed by atoms with Crippen LogP contribution in [0.1, 0.15) is 34.6 Å². The van der Waals surface area contributed by atoms with Gasteiger partial charge in [0.15, 0.2) is 17.5 Å². The Bertz CT molecular complexity index is 1090. The van der Waals surface area contributed by atoms with E-state index in [1.807, 2.05) is 0 Å². The van der Waals surface area contributed by atoms with Crippen LogP contribution in [-0.2, 0) is 0 Å². The van der Waals surface area contributed by atoms with Crippen LogP contribution in [0.3, 0.4) is 0 Å². The smallest absolute Gasteiger partial charge is 0.410 e. The molecule has 4 heterocycles. The molecule has 0 saturated heterocycles. The minimum Gasteiger partial charge on any atom is -0.467 e. The van der Waals surface area contributed by atoms with Crippen molar-refractivity contribution in [1.29, 1.82) is 0 Å². The summed E-state index contributed by atoms with van der Waals surface area (Å²) in [6.45, 7) is 0.0839. The summed E-state index contributed by atoms with van der Waals surface area (Å²) in [6.07, 6.45) is -2.35. The normalized spacial score (nSPS) is 19.8. The molecule has 156 valence electrons. The summed E-state index contributed by atoms with van der Waals surface area (Å²) in [6, 6.07) is 5.36. The van der Waals surface area contributed by atoms with Crippen molar-refractivity contribution in [3.63, 3.8) is 0 Å². The molecule has 0 spiro atoms. The van der Waals surface area contributed by atoms with E-state index in [-0.39, 0.29) is 24.6 Å². The summed E-state index contributed by atoms with van der Waals surface area (Å²) in [5, 5.41) is 9.45. The fourth-order valence-electron chi connectivity index (χ4n) is 3.58. The molecular formula is C19H15F3N4O4. The first-order chi connectivity index (χ1) is 14.4. The average Bonchev–Trinajstić information content (AvgIpc) is 3.45. The number of halogens is 3. The first-order valence-corrected chi connectivity index (χ1v) is 9.05. The predicted octanol–water partition coefficient (Wildman–Crippen LogP) is 4.12. The van der Waals surface area contributed by atoms with Gasteiger partial charge in [0.05, 0.1) is 18.5 Å². The number of nitrogens with zero attached hydrogens (tertiary/aromatic N) is 2. The van der Waals surface area contributed by atoms with Crippen LogP contribution in [0.4, 0.5) is 24.7 Å². The standard InChI is InChI=1S/C19H15F3N4O4/c20-19(21,22)16-7-12(13-2-1-5-28-13)25-17-11(8-23-26(16)17)18(27)24-10-3-4-14-15(6-10)30-9-29-14/h1-6,8,12,16,25H,7,9H2,(H,24,27)/t12-,16+/m0/s1. The van der Waals surface area contributed by atoms with E-state index in [4.69, 9.17) is 13.9 Å². The Kier molecular flexibility index (Phi) is 4.12. The van der Waals surface area contributed by atoms with Crippen LogP contribution in [0, 0.1) is 0 Å². The number of benzene rings is 1. The topological polar surface area (TPSA) is 90.5 Å². The van der Waals surface area contributed by atoms with Gasteiger partial charge in [-0.3, -0.25) is 4.79 Å². The first-order valence-electron chi connectivity index (χ1n) is 9.05. The summed E-state index contributed by atoms with van der Waals surface area (Å²) in [5.74, 6) is 0.732. The molecule has 1 amide bonds. The average molecular weight is 420 g/mol. The Morgan fingerprint density at radius 2 is 2.07 bits per heavy atom. The maximum absolute atomic E-state index is 13.7. The summed E-state index contributed by atoms with van der Waals surface area (Å²) in [4.78, 5) is 12.8. The van der Waals surface area contributed by atoms with Crippen LogP contribution in [0.5, 0.6) is 11.5 Å². The third-order valence-corrected chi connectivity index (χ3v) is 5.00. The highest BCUT2D eigenvalue weighted by Crippen LogP contribution is 2.44. The molecule has 0 fully saturated rings. The van der Waals surface area contributed by atoms with E-state index in [1.54, 1.807) is 30.3 Å². The van der Waals surface area contributed by atoms with Gasteiger partial charge in [0.1, 0.15) is 17.1 Å². The first kappa shape index (κ1) is 18.4. The van der Waals surface area contributed by atoms with Crippen molar-refractivity contribution in [1.82, 2.24) is 9.78 Å². The van der Waals surface area contributed by atoms with Crippen molar-refractivity contribution in [3.05, 3.63) is 54.1 Å². The number of carbonyl (C=O) groups excluding carboxylic acids is 1. The van der Waals surface area contributed by atoms with Crippen LogP contribution in [0.25, 0.3) is 0 Å². The quantitative estimate of drug-likeness (QED) is 0.663. The van der Waals surface area contributed by atoms with E-state index in [9.17, 15) is 18.0 Å². The van der Waals surface area contributed by atoms with Crippen LogP contribution < -0.4 is 20.1 Å². The number of fused-ring (bicyclic) bond motifs is 2. The molecule has 0 radical (unpaired) electrons. The fourth-order valence-corrected chi connectivity index (χ4v) is 3.58. The Morgan fingerprint density at radius 3 is 2.83 bits per heavy atom. The Hall–Kier alpha value is -3.63. The van der Waals surface area contributed by atoms with Gasteiger partial charge in [-0.05, 0) is 24.3 Å². The van der Waals surface area contributed by atoms with Gasteiger partial charge in [-0.2, -0.15) is 18.3 Å². The molecule has 2 aromatic heterocycles. The lowest BCUT2D eigenvalue weighted by atomic mass is 10.0. The van der Waals surface area contributed by atoms with E-state index in [1.165, 1.54) is 6.26 Å². The SMILES string of the molecule is O=C(Nc1ccc2c(c1)OCO2)c1cnn2c1N[C@H](c1ccco1)C[C@@H]2C(F)(F)F. The number of rotatable bonds is 3. The second-order valence-corrected chi connectivity index (χ2v) is 6.88. The van der Waals surface area contributed by atoms with E-state index in [0.29, 0.717) is 22.9 Å². The number of anilines is 2. The van der Waals surface area contributed by atoms with Gasteiger partial charge in [-0.15, -0.1) is 0 Å². The molecule has 0 bridgehead atoms. The molecule has 5 rings (SSSR count). The molecule has 30 heavy (non-hydrogen) atoms. The minimum atomic E-state index is -4.54. The molecule has 0 unspecified atom stereocenters. The third kappa shape index (κ3) is 3.11. The van der Waals surface area contributed by atoms with Crippen molar-refractivity contribution < 1.29 is 31.9 Å². The maximum atomic E-state index is 13.7. The number of alkyl halides is 3. The molecule has 11 heteroatoms. The number of hydrogen-bond donors (Lipinski definition) is 2. The minimum absolute atomic E-state index is 0.0156. The van der Waals surface area contributed by atoms with Crippen LogP contribution in [-0.4, -0.2) is 28.7 Å². The second kappa shape index (κ2) is 6.71. The third-order valence-electron chi connectivity index (χ3n) is 5.00. The number of nitrogens with one attached hydrogen (secondary N) is 2. The van der Waals surface area contributed by atoms with Crippen molar-refractivity contribution in [2.24, 2.45) is 0 Å². The lowest BCUT2D eigenvalue weighted by Gasteiger charge is -2.32. The lowest BCUT2D eigenvalue weighted by Crippen LogP contribution is -2.36. The zero-order valence-electron chi connectivity index (χ0n) is 15.3. The Balaban J connectivity index is 1.46. The molecule has 2 N–H and O–H groups in total. The summed E-state index contributed by atoms with van der Waals surface area (Å²) in [5.41, 5.74) is 0.396. The van der Waals surface area contributed by atoms with Gasteiger partial charge >= 0.3 is 6.18 Å². The van der Waals surface area contributed by atoms with E-state index < -0.39 is 24.2 Å². The molecular weight excluding hydrogens is 405 g/mol. The molecule has 0 saturated carbocycles. The van der Waals surface area contributed by atoms with Gasteiger partial charge in [0.25, 0.3) is 5.91 Å². The molecule has 8 nitrogen and oxygen atoms in total. The largest absolute Gasteiger partial charge is 0.467 e. The summed E-state index contributed by atoms with van der Waals surface area (Å²) in [7, 11) is 0.